The van der Waals surface area contributed by atoms with Crippen molar-refractivity contribution in [1.82, 2.24) is 0 Å². The molecule has 0 aromatic carbocycles. The highest BCUT2D eigenvalue weighted by Gasteiger charge is 2.31. The second-order valence-electron chi connectivity index (χ2n) is 2.59. The zero-order chi connectivity index (χ0) is 13.0. The second-order valence-corrected chi connectivity index (χ2v) is 5.42. The van der Waals surface area contributed by atoms with Crippen LogP contribution in [-0.4, -0.2) is 27.7 Å². The van der Waals surface area contributed by atoms with Gasteiger partial charge in [-0.25, -0.2) is 17.9 Å². The molecule has 7 nitrogen and oxygen atoms in total. The Morgan fingerprint density at radius 3 is 2.25 bits per heavy atom. The summed E-state index contributed by atoms with van der Waals surface area (Å²) in [7, 11) is -10.1. The Bertz CT molecular complexity index is 349. The van der Waals surface area contributed by atoms with Crippen molar-refractivity contribution in [3.8, 4) is 0 Å². The summed E-state index contributed by atoms with van der Waals surface area (Å²) in [5, 5.41) is 0. The lowest BCUT2D eigenvalue weighted by Gasteiger charge is -2.11. The van der Waals surface area contributed by atoms with Crippen molar-refractivity contribution in [2.45, 2.75) is 13.3 Å². The first kappa shape index (κ1) is 15.9. The normalized spacial score (nSPS) is 17.6. The highest BCUT2D eigenvalue weighted by molar-refractivity contribution is 7.60. The molecule has 0 aromatic heterocycles. The van der Waals surface area contributed by atoms with Gasteiger partial charge in [0.2, 0.25) is 0 Å². The number of phosphoric acid groups is 2. The molecule has 0 heterocycles. The number of hydrogen-bond donors (Lipinski definition) is 3. The number of hydrogen-bond acceptors (Lipinski definition) is 4. The van der Waals surface area contributed by atoms with Crippen LogP contribution in [0.3, 0.4) is 0 Å². The molecule has 0 fully saturated rings. The van der Waals surface area contributed by atoms with Gasteiger partial charge in [0, 0.05) is 0 Å². The molecule has 1 atom stereocenters. The topological polar surface area (TPSA) is 113 Å². The third-order valence-electron chi connectivity index (χ3n) is 1.20. The Balaban J connectivity index is 4.26. The quantitative estimate of drug-likeness (QED) is 0.498. The van der Waals surface area contributed by atoms with Gasteiger partial charge < -0.3 is 14.7 Å². The monoisotopic (exact) mass is 282 g/mol. The maximum absolute atomic E-state index is 11.9. The van der Waals surface area contributed by atoms with Crippen molar-refractivity contribution in [3.05, 3.63) is 11.6 Å². The van der Waals surface area contributed by atoms with Gasteiger partial charge >= 0.3 is 15.6 Å². The average Bonchev–Trinajstić information content (AvgIpc) is 1.98. The Hall–Kier alpha value is -0.140. The van der Waals surface area contributed by atoms with Gasteiger partial charge in [0.15, 0.2) is 0 Å². The summed E-state index contributed by atoms with van der Waals surface area (Å²) in [6, 6.07) is 0. The van der Waals surface area contributed by atoms with E-state index in [1.165, 1.54) is 0 Å². The fraction of sp³-hybridized carbons (Fsp3) is 0.600. The number of phosphoric ester groups is 1. The zero-order valence-electron chi connectivity index (χ0n) is 7.99. The van der Waals surface area contributed by atoms with E-state index >= 15 is 0 Å². The third kappa shape index (κ3) is 8.06. The summed E-state index contributed by atoms with van der Waals surface area (Å²) in [4.78, 5) is 25.1. The minimum absolute atomic E-state index is 0.406. The molecule has 11 heteroatoms. The first-order chi connectivity index (χ1) is 7.03. The number of rotatable bonds is 6. The van der Waals surface area contributed by atoms with E-state index in [-0.39, 0.29) is 0 Å². The lowest BCUT2D eigenvalue weighted by molar-refractivity contribution is 0.180. The maximum atomic E-state index is 11.9. The van der Waals surface area contributed by atoms with Crippen LogP contribution in [0.1, 0.15) is 6.92 Å². The van der Waals surface area contributed by atoms with E-state index < -0.39 is 34.3 Å². The molecule has 0 aliphatic heterocycles. The Morgan fingerprint density at radius 2 is 1.88 bits per heavy atom. The van der Waals surface area contributed by atoms with Gasteiger partial charge in [-0.3, -0.25) is 4.52 Å². The minimum Gasteiger partial charge on any atom is -0.302 e. The largest absolute Gasteiger partial charge is 0.481 e. The Kier molecular flexibility index (Phi) is 5.92. The van der Waals surface area contributed by atoms with Gasteiger partial charge in [0.25, 0.3) is 6.43 Å². The standard InChI is InChI=1S/C5H10F2O7P2/c1-4(5(6)7)2-3-13-16(11,12)14-15(8,9)10/h2,5H,3H2,1H3,(H,11,12)(H2,8,9,10). The lowest BCUT2D eigenvalue weighted by Crippen LogP contribution is -1.97. The molecule has 0 amide bonds. The van der Waals surface area contributed by atoms with Crippen LogP contribution in [0.25, 0.3) is 0 Å². The van der Waals surface area contributed by atoms with Crippen molar-refractivity contribution in [3.63, 3.8) is 0 Å². The molecule has 3 N–H and O–H groups in total. The molecular weight excluding hydrogens is 272 g/mol. The molecule has 0 radical (unpaired) electrons. The van der Waals surface area contributed by atoms with E-state index in [9.17, 15) is 17.9 Å². The molecule has 0 rings (SSSR count). The van der Waals surface area contributed by atoms with Crippen LogP contribution < -0.4 is 0 Å². The van der Waals surface area contributed by atoms with Crippen LogP contribution in [-0.2, 0) is 18.0 Å². The third-order valence-corrected chi connectivity index (χ3v) is 3.35. The molecule has 0 bridgehead atoms. The second kappa shape index (κ2) is 5.97. The van der Waals surface area contributed by atoms with Crippen molar-refractivity contribution < 1.29 is 41.4 Å². The van der Waals surface area contributed by atoms with Gasteiger partial charge in [0.05, 0.1) is 6.61 Å². The SMILES string of the molecule is CC(=CCOP(=O)(O)OP(=O)(O)O)C(F)F. The minimum atomic E-state index is -5.18. The molecule has 0 saturated carbocycles. The fourth-order valence-electron chi connectivity index (χ4n) is 0.510. The fourth-order valence-corrected chi connectivity index (χ4v) is 2.04. The number of alkyl halides is 2. The van der Waals surface area contributed by atoms with E-state index in [1.54, 1.807) is 0 Å². The molecule has 0 aliphatic carbocycles. The van der Waals surface area contributed by atoms with E-state index in [0.29, 0.717) is 0 Å². The highest BCUT2D eigenvalue weighted by atomic mass is 31.3. The van der Waals surface area contributed by atoms with E-state index in [0.717, 1.165) is 13.0 Å². The molecule has 0 aliphatic rings. The summed E-state index contributed by atoms with van der Waals surface area (Å²) in [6.07, 6.45) is -1.96. The zero-order valence-corrected chi connectivity index (χ0v) is 9.78. The van der Waals surface area contributed by atoms with Crippen LogP contribution in [0.5, 0.6) is 0 Å². The summed E-state index contributed by atoms with van der Waals surface area (Å²) < 4.78 is 52.2. The van der Waals surface area contributed by atoms with E-state index in [1.807, 2.05) is 0 Å². The first-order valence-electron chi connectivity index (χ1n) is 3.72. The van der Waals surface area contributed by atoms with Crippen LogP contribution in [0.2, 0.25) is 0 Å². The van der Waals surface area contributed by atoms with Crippen molar-refractivity contribution >= 4 is 15.6 Å². The van der Waals surface area contributed by atoms with Crippen molar-refractivity contribution in [2.24, 2.45) is 0 Å². The molecule has 0 spiro atoms. The summed E-state index contributed by atoms with van der Waals surface area (Å²) in [5.41, 5.74) is -0.406. The Labute approximate surface area is 89.5 Å². The van der Waals surface area contributed by atoms with Gasteiger partial charge in [-0.05, 0) is 12.5 Å². The van der Waals surface area contributed by atoms with E-state index in [2.05, 4.69) is 8.83 Å². The average molecular weight is 282 g/mol. The first-order valence-corrected chi connectivity index (χ1v) is 6.75. The number of halogens is 2. The van der Waals surface area contributed by atoms with Crippen LogP contribution in [0.4, 0.5) is 8.78 Å². The molecule has 16 heavy (non-hydrogen) atoms. The van der Waals surface area contributed by atoms with Gasteiger partial charge in [-0.1, -0.05) is 6.08 Å². The Morgan fingerprint density at radius 1 is 1.38 bits per heavy atom. The summed E-state index contributed by atoms with van der Waals surface area (Å²) in [5.74, 6) is 0. The van der Waals surface area contributed by atoms with Crippen molar-refractivity contribution in [2.75, 3.05) is 6.61 Å². The summed E-state index contributed by atoms with van der Waals surface area (Å²) >= 11 is 0. The molecule has 0 aromatic rings. The predicted octanol–water partition coefficient (Wildman–Crippen LogP) is 1.42. The van der Waals surface area contributed by atoms with Crippen LogP contribution in [0.15, 0.2) is 11.6 Å². The summed E-state index contributed by atoms with van der Waals surface area (Å²) in [6.45, 7) is 0.324. The van der Waals surface area contributed by atoms with Gasteiger partial charge in [0.1, 0.15) is 0 Å². The lowest BCUT2D eigenvalue weighted by atomic mass is 10.3. The van der Waals surface area contributed by atoms with E-state index in [4.69, 9.17) is 14.7 Å². The molecule has 0 saturated heterocycles. The molecular formula is C5H10F2O7P2. The number of allylic oxidation sites excluding steroid dienone is 1. The maximum Gasteiger partial charge on any atom is 0.481 e. The van der Waals surface area contributed by atoms with Crippen LogP contribution >= 0.6 is 15.6 Å². The van der Waals surface area contributed by atoms with Gasteiger partial charge in [-0.15, -0.1) is 0 Å². The van der Waals surface area contributed by atoms with Crippen molar-refractivity contribution in [1.29, 1.82) is 0 Å². The van der Waals surface area contributed by atoms with Gasteiger partial charge in [-0.2, -0.15) is 4.31 Å². The van der Waals surface area contributed by atoms with Crippen LogP contribution in [0, 0.1) is 0 Å². The predicted molar refractivity (Wildman–Crippen MR) is 48.7 cm³/mol. The molecule has 96 valence electrons. The smallest absolute Gasteiger partial charge is 0.302 e. The molecule has 1 unspecified atom stereocenters. The highest BCUT2D eigenvalue weighted by Crippen LogP contribution is 2.57.